The number of halogens is 2. The largest absolute Gasteiger partial charge is 0.344 e. The topological polar surface area (TPSA) is 75.2 Å². The number of hydrogen-bond acceptors (Lipinski definition) is 5. The molecule has 152 valence electrons. The van der Waals surface area contributed by atoms with E-state index in [1.54, 1.807) is 0 Å². The van der Waals surface area contributed by atoms with Crippen molar-refractivity contribution in [3.05, 3.63) is 21.6 Å². The molecule has 2 aromatic heterocycles. The molecule has 0 radical (unpaired) electrons. The van der Waals surface area contributed by atoms with Gasteiger partial charge in [-0.15, -0.1) is 0 Å². The van der Waals surface area contributed by atoms with E-state index in [-0.39, 0.29) is 24.3 Å². The van der Waals surface area contributed by atoms with Crippen LogP contribution < -0.4 is 5.73 Å². The van der Waals surface area contributed by atoms with Crippen LogP contribution in [0.1, 0.15) is 51.0 Å². The van der Waals surface area contributed by atoms with E-state index in [0.717, 1.165) is 17.0 Å². The van der Waals surface area contributed by atoms with Gasteiger partial charge in [-0.05, 0) is 58.8 Å². The van der Waals surface area contributed by atoms with Gasteiger partial charge in [0.2, 0.25) is 0 Å². The Morgan fingerprint density at radius 3 is 2.50 bits per heavy atom. The average Bonchev–Trinajstić information content (AvgIpc) is 3.09. The Bertz CT molecular complexity index is 958. The number of ether oxygens (including phenoxy) is 2. The maximum Gasteiger partial charge on any atom is 0.163 e. The molecule has 0 bridgehead atoms. The maximum atomic E-state index is 6.71. The molecule has 0 amide bonds. The summed E-state index contributed by atoms with van der Waals surface area (Å²) in [5.74, 6) is 1.34. The molecule has 1 saturated heterocycles. The predicted molar refractivity (Wildman–Crippen MR) is 109 cm³/mol. The molecule has 3 fully saturated rings. The highest BCUT2D eigenvalue weighted by Crippen LogP contribution is 2.59. The molecule has 1 unspecified atom stereocenters. The van der Waals surface area contributed by atoms with Crippen LogP contribution in [0.3, 0.4) is 0 Å². The minimum atomic E-state index is -0.564. The van der Waals surface area contributed by atoms with Gasteiger partial charge in [0.1, 0.15) is 22.6 Å². The molecular formula is C20H26Cl2N4O2. The van der Waals surface area contributed by atoms with E-state index in [1.807, 2.05) is 27.7 Å². The van der Waals surface area contributed by atoms with Crippen LogP contribution in [-0.4, -0.2) is 38.6 Å². The Balaban J connectivity index is 1.64. The molecule has 2 saturated carbocycles. The van der Waals surface area contributed by atoms with Crippen molar-refractivity contribution < 1.29 is 9.47 Å². The summed E-state index contributed by atoms with van der Waals surface area (Å²) in [5.41, 5.74) is 8.15. The highest BCUT2D eigenvalue weighted by atomic mass is 35.5. The van der Waals surface area contributed by atoms with Crippen LogP contribution in [0.2, 0.25) is 10.2 Å². The molecule has 2 N–H and O–H groups in total. The van der Waals surface area contributed by atoms with E-state index < -0.39 is 5.79 Å². The van der Waals surface area contributed by atoms with Gasteiger partial charge in [0.05, 0.1) is 17.2 Å². The van der Waals surface area contributed by atoms with Crippen LogP contribution in [0.5, 0.6) is 0 Å². The Hall–Kier alpha value is -0.920. The first kappa shape index (κ1) is 19.1. The summed E-state index contributed by atoms with van der Waals surface area (Å²) in [4.78, 5) is 9.49. The third-order valence-electron chi connectivity index (χ3n) is 6.56. The SMILES string of the molecule is Cc1nc2c(Cl)c(CC(C)N)c(Cl)nc2n1[C@@H]1[C@H]2CC[C@H]2[C@H]2OC(C)(C)O[C@H]21. The number of nitrogens with two attached hydrogens (primary N) is 1. The van der Waals surface area contributed by atoms with Crippen LogP contribution in [0.15, 0.2) is 0 Å². The zero-order valence-electron chi connectivity index (χ0n) is 16.6. The minimum absolute atomic E-state index is 0.00769. The quantitative estimate of drug-likeness (QED) is 0.752. The Morgan fingerprint density at radius 2 is 1.86 bits per heavy atom. The van der Waals surface area contributed by atoms with Gasteiger partial charge < -0.3 is 19.8 Å². The fourth-order valence-corrected chi connectivity index (χ4v) is 6.01. The van der Waals surface area contributed by atoms with E-state index in [1.165, 1.54) is 12.8 Å². The molecule has 28 heavy (non-hydrogen) atoms. The number of fused-ring (bicyclic) bond motifs is 4. The van der Waals surface area contributed by atoms with Crippen molar-refractivity contribution >= 4 is 34.4 Å². The van der Waals surface area contributed by atoms with Crippen molar-refractivity contribution in [2.45, 2.75) is 77.0 Å². The molecule has 2 aliphatic carbocycles. The number of rotatable bonds is 3. The number of nitrogens with zero attached hydrogens (tertiary/aromatic N) is 3. The molecule has 2 aromatic rings. The molecule has 1 aliphatic heterocycles. The highest BCUT2D eigenvalue weighted by Gasteiger charge is 2.62. The molecule has 6 atom stereocenters. The number of aromatic nitrogens is 3. The van der Waals surface area contributed by atoms with E-state index in [4.69, 9.17) is 48.4 Å². The van der Waals surface area contributed by atoms with Crippen LogP contribution in [0, 0.1) is 18.8 Å². The lowest BCUT2D eigenvalue weighted by Crippen LogP contribution is -2.35. The van der Waals surface area contributed by atoms with Crippen molar-refractivity contribution in [2.75, 3.05) is 0 Å². The van der Waals surface area contributed by atoms with Gasteiger partial charge in [0, 0.05) is 11.6 Å². The second-order valence-electron chi connectivity index (χ2n) is 9.04. The summed E-state index contributed by atoms with van der Waals surface area (Å²) in [6.45, 7) is 7.90. The minimum Gasteiger partial charge on any atom is -0.344 e. The lowest BCUT2D eigenvalue weighted by atomic mass is 9.74. The van der Waals surface area contributed by atoms with Crippen LogP contribution in [-0.2, 0) is 15.9 Å². The van der Waals surface area contributed by atoms with Gasteiger partial charge in [0.15, 0.2) is 11.4 Å². The second kappa shape index (κ2) is 6.29. The first-order valence-electron chi connectivity index (χ1n) is 10.0. The summed E-state index contributed by atoms with van der Waals surface area (Å²) in [6, 6.07) is 0.0736. The zero-order chi connectivity index (χ0) is 20.0. The highest BCUT2D eigenvalue weighted by molar-refractivity contribution is 6.38. The third kappa shape index (κ3) is 2.65. The zero-order valence-corrected chi connectivity index (χ0v) is 18.1. The molecule has 0 spiro atoms. The predicted octanol–water partition coefficient (Wildman–Crippen LogP) is 4.04. The maximum absolute atomic E-state index is 6.71. The monoisotopic (exact) mass is 424 g/mol. The number of hydrogen-bond donors (Lipinski definition) is 1. The van der Waals surface area contributed by atoms with Crippen molar-refractivity contribution in [3.63, 3.8) is 0 Å². The molecule has 8 heteroatoms. The third-order valence-corrected chi connectivity index (χ3v) is 7.28. The van der Waals surface area contributed by atoms with E-state index in [2.05, 4.69) is 4.57 Å². The van der Waals surface area contributed by atoms with E-state index >= 15 is 0 Å². The first-order chi connectivity index (χ1) is 13.2. The molecule has 0 aromatic carbocycles. The van der Waals surface area contributed by atoms with Crippen LogP contribution >= 0.6 is 23.2 Å². The summed E-state index contributed by atoms with van der Waals surface area (Å²) >= 11 is 13.2. The Labute approximate surface area is 174 Å². The first-order valence-corrected chi connectivity index (χ1v) is 10.8. The summed E-state index contributed by atoms with van der Waals surface area (Å²) in [7, 11) is 0. The number of imidazole rings is 1. The van der Waals surface area contributed by atoms with Crippen molar-refractivity contribution in [1.29, 1.82) is 0 Å². The van der Waals surface area contributed by atoms with Crippen LogP contribution in [0.4, 0.5) is 0 Å². The van der Waals surface area contributed by atoms with Gasteiger partial charge in [-0.1, -0.05) is 23.2 Å². The second-order valence-corrected chi connectivity index (χ2v) is 9.77. The smallest absolute Gasteiger partial charge is 0.163 e. The standard InChI is InChI=1S/C20H26Cl2N4O2/c1-8(23)7-12-13(21)14-19(25-18(12)22)26(9(2)24-14)15-10-5-6-11(10)16-17(15)28-20(3,4)27-16/h8,10-11,15-17H,5-7,23H2,1-4H3/t8?,10-,11+,15+,16+,17-/m0/s1. The van der Waals surface area contributed by atoms with Gasteiger partial charge in [-0.3, -0.25) is 0 Å². The van der Waals surface area contributed by atoms with Gasteiger partial charge in [-0.2, -0.15) is 0 Å². The van der Waals surface area contributed by atoms with E-state index in [9.17, 15) is 0 Å². The molecular weight excluding hydrogens is 399 g/mol. The van der Waals surface area contributed by atoms with E-state index in [0.29, 0.717) is 33.9 Å². The van der Waals surface area contributed by atoms with Gasteiger partial charge in [-0.25, -0.2) is 9.97 Å². The van der Waals surface area contributed by atoms with Crippen molar-refractivity contribution in [3.8, 4) is 0 Å². The number of aryl methyl sites for hydroxylation is 1. The fourth-order valence-electron chi connectivity index (χ4n) is 5.41. The summed E-state index contributed by atoms with van der Waals surface area (Å²) < 4.78 is 14.8. The molecule has 3 aliphatic rings. The normalized spacial score (nSPS) is 34.3. The fraction of sp³-hybridized carbons (Fsp3) is 0.700. The van der Waals surface area contributed by atoms with Crippen LogP contribution in [0.25, 0.3) is 11.2 Å². The molecule has 3 heterocycles. The molecule has 6 nitrogen and oxygen atoms in total. The van der Waals surface area contributed by atoms with Gasteiger partial charge in [0.25, 0.3) is 0 Å². The summed E-state index contributed by atoms with van der Waals surface area (Å²) in [5, 5.41) is 0.956. The van der Waals surface area contributed by atoms with Gasteiger partial charge >= 0.3 is 0 Å². The Morgan fingerprint density at radius 1 is 1.18 bits per heavy atom. The Kier molecular flexibility index (Phi) is 4.28. The van der Waals surface area contributed by atoms with Crippen molar-refractivity contribution in [2.24, 2.45) is 17.6 Å². The number of pyridine rings is 1. The summed E-state index contributed by atoms with van der Waals surface area (Å²) in [6.07, 6.45) is 3.03. The lowest BCUT2D eigenvalue weighted by Gasteiger charge is -2.38. The van der Waals surface area contributed by atoms with Crippen molar-refractivity contribution in [1.82, 2.24) is 14.5 Å². The average molecular weight is 425 g/mol. The lowest BCUT2D eigenvalue weighted by molar-refractivity contribution is -0.172. The molecule has 5 rings (SSSR count).